The molecule has 0 spiro atoms. The van der Waals surface area contributed by atoms with E-state index in [1.165, 1.54) is 52.5 Å². The van der Waals surface area contributed by atoms with E-state index in [4.69, 9.17) is 24.0 Å². The summed E-state index contributed by atoms with van der Waals surface area (Å²) < 4.78 is 23.8. The minimum Gasteiger partial charge on any atom is -0.507 e. The van der Waals surface area contributed by atoms with Gasteiger partial charge in [0.1, 0.15) is 23.4 Å². The fraction of sp³-hybridized carbons (Fsp3) is 0.600. The highest BCUT2D eigenvalue weighted by atomic mass is 16.7. The molecular formula is C50H73N3O12. The largest absolute Gasteiger partial charge is 0.507 e. The number of aliphatic hydroxyl groups is 2. The Balaban J connectivity index is 1.97. The molecule has 6 N–H and O–H groups in total. The molecule has 0 unspecified atom stereocenters. The van der Waals surface area contributed by atoms with Crippen molar-refractivity contribution >= 4 is 40.3 Å². The number of rotatable bonds is 14. The second-order valence-corrected chi connectivity index (χ2v) is 17.9. The van der Waals surface area contributed by atoms with Crippen molar-refractivity contribution in [2.45, 2.75) is 151 Å². The van der Waals surface area contributed by atoms with E-state index in [9.17, 15) is 39.9 Å². The van der Waals surface area contributed by atoms with Crippen molar-refractivity contribution < 1.29 is 58.9 Å². The molecule has 65 heavy (non-hydrogen) atoms. The van der Waals surface area contributed by atoms with Crippen LogP contribution in [0.5, 0.6) is 23.0 Å². The van der Waals surface area contributed by atoms with Crippen LogP contribution in [-0.4, -0.2) is 105 Å². The zero-order valence-electron chi connectivity index (χ0n) is 40.1. The van der Waals surface area contributed by atoms with Gasteiger partial charge in [0, 0.05) is 74.2 Å². The van der Waals surface area contributed by atoms with Crippen molar-refractivity contribution in [1.82, 2.24) is 5.01 Å². The van der Waals surface area contributed by atoms with E-state index in [-0.39, 0.29) is 44.5 Å². The van der Waals surface area contributed by atoms with Crippen molar-refractivity contribution in [3.63, 3.8) is 0 Å². The lowest BCUT2D eigenvalue weighted by molar-refractivity contribution is -0.160. The lowest BCUT2D eigenvalue weighted by atomic mass is 9.78. The number of nitrogens with one attached hydrogen (secondary N) is 1. The van der Waals surface area contributed by atoms with Crippen molar-refractivity contribution in [3.05, 3.63) is 52.8 Å². The van der Waals surface area contributed by atoms with Crippen LogP contribution in [0.2, 0.25) is 0 Å². The number of methoxy groups -OCH3 is 1. The fourth-order valence-electron chi connectivity index (χ4n) is 8.68. The molecule has 0 aromatic heterocycles. The fourth-order valence-corrected chi connectivity index (χ4v) is 8.68. The van der Waals surface area contributed by atoms with E-state index in [1.54, 1.807) is 46.8 Å². The van der Waals surface area contributed by atoms with E-state index in [1.807, 2.05) is 5.01 Å². The molecule has 0 saturated heterocycles. The highest BCUT2D eigenvalue weighted by molar-refractivity contribution is 6.23. The number of carbonyl (C=O) groups excluding carboxylic acids is 3. The minimum absolute atomic E-state index is 0.0633. The van der Waals surface area contributed by atoms with E-state index >= 15 is 0 Å². The number of phenols is 3. The summed E-state index contributed by atoms with van der Waals surface area (Å²) >= 11 is 0. The predicted octanol–water partition coefficient (Wildman–Crippen LogP) is 8.55. The molecule has 0 radical (unpaired) electrons. The summed E-state index contributed by atoms with van der Waals surface area (Å²) in [6.45, 7) is 18.1. The quantitative estimate of drug-likeness (QED) is 0.0262. The predicted molar refractivity (Wildman–Crippen MR) is 251 cm³/mol. The topological polar surface area (TPSA) is 217 Å². The van der Waals surface area contributed by atoms with Crippen LogP contribution >= 0.6 is 0 Å². The van der Waals surface area contributed by atoms with Crippen molar-refractivity contribution in [2.75, 3.05) is 25.5 Å². The lowest BCUT2D eigenvalue weighted by Crippen LogP contribution is -2.46. The van der Waals surface area contributed by atoms with Crippen LogP contribution in [0.15, 0.2) is 41.2 Å². The van der Waals surface area contributed by atoms with Gasteiger partial charge in [-0.05, 0) is 32.8 Å². The second kappa shape index (κ2) is 23.4. The first-order valence-corrected chi connectivity index (χ1v) is 23.1. The summed E-state index contributed by atoms with van der Waals surface area (Å²) in [6.07, 6.45) is 13.0. The van der Waals surface area contributed by atoms with Crippen molar-refractivity contribution in [2.24, 2.45) is 28.8 Å². The van der Waals surface area contributed by atoms with E-state index < -0.39 is 88.8 Å². The molecule has 0 saturated carbocycles. The summed E-state index contributed by atoms with van der Waals surface area (Å²) in [4.78, 5) is 40.9. The molecule has 0 aliphatic carbocycles. The molecule has 0 fully saturated rings. The van der Waals surface area contributed by atoms with Gasteiger partial charge in [-0.25, -0.2) is 0 Å². The number of ketones is 1. The number of hydrazone groups is 1. The molecule has 3 aliphatic heterocycles. The molecule has 1 amide bonds. The average Bonchev–Trinajstić information content (AvgIpc) is 3.54. The standard InChI is InChI=1S/C50H73N3O12/c1-12-14-16-18-24-53(25-19-17-15-13-2)51-27-35-40-45(59)38-37(44(35)58)39-47(33(8)43(38)57)65-50(10,48(39)60)63-26-23-36(62-11)30(5)46(64-34(9)54)32(7)42(56)31(6)41(55)28(3)21-20-22-29(4)49(61)52-40/h20-23,26-28,30-32,36,41-42,46,55-59H,12-19,24-25H2,1-11H3,(H,52,61)/b21-20+,26-23+,29-22-,51-27?/t28-,30-,31-,32-,36+,41+,42-,46-,50+/m1/s1. The Morgan fingerprint density at radius 1 is 0.877 bits per heavy atom. The van der Waals surface area contributed by atoms with Crippen LogP contribution in [0.1, 0.15) is 135 Å². The van der Waals surface area contributed by atoms with Crippen molar-refractivity contribution in [1.29, 1.82) is 0 Å². The molecule has 5 rings (SSSR count). The Bertz CT molecular complexity index is 2120. The zero-order chi connectivity index (χ0) is 48.3. The van der Waals surface area contributed by atoms with Gasteiger partial charge in [-0.15, -0.1) is 0 Å². The number of esters is 1. The number of fused-ring (bicyclic) bond motifs is 14. The number of carbonyl (C=O) groups is 3. The molecule has 15 heteroatoms. The highest BCUT2D eigenvalue weighted by Crippen LogP contribution is 2.55. The van der Waals surface area contributed by atoms with Crippen LogP contribution < -0.4 is 10.1 Å². The number of anilines is 1. The Morgan fingerprint density at radius 3 is 2.09 bits per heavy atom. The number of nitrogens with zero attached hydrogens (tertiary/aromatic N) is 2. The van der Waals surface area contributed by atoms with Gasteiger partial charge in [0.15, 0.2) is 5.75 Å². The Hall–Kier alpha value is -5.12. The number of aliphatic hydroxyl groups excluding tert-OH is 2. The zero-order valence-corrected chi connectivity index (χ0v) is 40.1. The number of amides is 1. The highest BCUT2D eigenvalue weighted by Gasteiger charge is 2.50. The van der Waals surface area contributed by atoms with Gasteiger partial charge in [-0.3, -0.25) is 19.4 Å². The molecule has 3 aliphatic rings. The van der Waals surface area contributed by atoms with Crippen LogP contribution in [-0.2, 0) is 23.8 Å². The Morgan fingerprint density at radius 2 is 1.51 bits per heavy atom. The SMILES string of the molecule is CCCCCCN(CCCCCC)N=Cc1c2c(O)c3c(O)c(C)c4c(c3c1O)C(=O)[C@@](C)(O/C=C/[C@H](OC)[C@@H](C)[C@@H](OC(C)=O)[C@H](C)[C@H](O)[C@H](C)[C@@H](O)[C@H](C)/C=C/C=C(/C)C(=O)N2)O4. The van der Waals surface area contributed by atoms with Crippen LogP contribution in [0.3, 0.4) is 0 Å². The number of unbranched alkanes of at least 4 members (excludes halogenated alkanes) is 6. The lowest BCUT2D eigenvalue weighted by Gasteiger charge is -2.38. The number of phenolic OH excluding ortho intramolecular Hbond substituents is 3. The van der Waals surface area contributed by atoms with Gasteiger partial charge in [0.25, 0.3) is 11.7 Å². The van der Waals surface area contributed by atoms with Crippen LogP contribution in [0, 0.1) is 30.6 Å². The molecule has 2 aromatic carbocycles. The summed E-state index contributed by atoms with van der Waals surface area (Å²) in [5.74, 6) is -8.29. The van der Waals surface area contributed by atoms with E-state index in [0.29, 0.717) is 13.1 Å². The van der Waals surface area contributed by atoms with Gasteiger partial charge in [-0.2, -0.15) is 5.10 Å². The minimum atomic E-state index is -2.05. The molecule has 3 heterocycles. The van der Waals surface area contributed by atoms with Crippen molar-refractivity contribution in [3.8, 4) is 23.0 Å². The first-order valence-electron chi connectivity index (χ1n) is 23.1. The van der Waals surface area contributed by atoms with Gasteiger partial charge < -0.3 is 49.8 Å². The van der Waals surface area contributed by atoms with Crippen LogP contribution in [0.25, 0.3) is 10.8 Å². The molecule has 15 nitrogen and oxygen atoms in total. The third-order valence-electron chi connectivity index (χ3n) is 12.9. The monoisotopic (exact) mass is 908 g/mol. The Labute approximate surface area is 384 Å². The maximum Gasteiger partial charge on any atom is 0.312 e. The normalized spacial score (nSPS) is 28.4. The third-order valence-corrected chi connectivity index (χ3v) is 12.9. The van der Waals surface area contributed by atoms with Crippen LogP contribution in [0.4, 0.5) is 5.69 Å². The molecule has 360 valence electrons. The van der Waals surface area contributed by atoms with Gasteiger partial charge >= 0.3 is 11.8 Å². The summed E-state index contributed by atoms with van der Waals surface area (Å²) in [6, 6.07) is 0. The maximum absolute atomic E-state index is 14.6. The summed E-state index contributed by atoms with van der Waals surface area (Å²) in [5, 5.41) is 68.0. The number of aromatic hydroxyl groups is 3. The number of benzene rings is 2. The number of hydrogen-bond donors (Lipinski definition) is 6. The molecule has 9 atom stereocenters. The Kier molecular flexibility index (Phi) is 18.9. The first kappa shape index (κ1) is 52.5. The van der Waals surface area contributed by atoms with Gasteiger partial charge in [-0.1, -0.05) is 98.3 Å². The number of ether oxygens (including phenoxy) is 4. The van der Waals surface area contributed by atoms with Gasteiger partial charge in [0.05, 0.1) is 53.0 Å². The maximum atomic E-state index is 14.6. The third kappa shape index (κ3) is 12.0. The molecular weight excluding hydrogens is 835 g/mol. The van der Waals surface area contributed by atoms with E-state index in [2.05, 4.69) is 19.2 Å². The number of allylic oxidation sites excluding steroid dienone is 2. The number of Topliss-reactive ketones (excluding diaryl/α,β-unsaturated/α-hetero) is 1. The molecule has 2 aromatic rings. The van der Waals surface area contributed by atoms with E-state index in [0.717, 1.165) is 51.4 Å². The number of hydrogen-bond acceptors (Lipinski definition) is 14. The second-order valence-electron chi connectivity index (χ2n) is 17.9. The molecule has 5 bridgehead atoms. The van der Waals surface area contributed by atoms with Gasteiger partial charge in [0.2, 0.25) is 0 Å². The average molecular weight is 908 g/mol. The summed E-state index contributed by atoms with van der Waals surface area (Å²) in [5.41, 5.74) is -0.286. The smallest absolute Gasteiger partial charge is 0.312 e. The summed E-state index contributed by atoms with van der Waals surface area (Å²) in [7, 11) is 1.45. The first-order chi connectivity index (χ1) is 30.8.